The summed E-state index contributed by atoms with van der Waals surface area (Å²) in [4.78, 5) is 25.0. The van der Waals surface area contributed by atoms with Gasteiger partial charge in [-0.25, -0.2) is 4.79 Å². The molecule has 168 valence electrons. The molecule has 0 radical (unpaired) electrons. The average Bonchev–Trinajstić information content (AvgIpc) is 2.79. The van der Waals surface area contributed by atoms with Gasteiger partial charge in [0.25, 0.3) is 0 Å². The molecule has 1 N–H and O–H groups in total. The van der Waals surface area contributed by atoms with Gasteiger partial charge in [-0.05, 0) is 44.0 Å². The van der Waals surface area contributed by atoms with Gasteiger partial charge >= 0.3 is 5.97 Å². The number of rotatable bonds is 8. The van der Waals surface area contributed by atoms with Crippen LogP contribution in [0.5, 0.6) is 5.75 Å². The quantitative estimate of drug-likeness (QED) is 0.494. The third-order valence-corrected chi connectivity index (χ3v) is 5.50. The van der Waals surface area contributed by atoms with E-state index in [4.69, 9.17) is 21.1 Å². The molecule has 0 amide bonds. The van der Waals surface area contributed by atoms with Gasteiger partial charge in [-0.15, -0.1) is 0 Å². The van der Waals surface area contributed by atoms with Gasteiger partial charge in [0.05, 0.1) is 24.9 Å². The Hall–Kier alpha value is -3.09. The molecule has 2 aromatic carbocycles. The molecule has 1 atom stereocenters. The number of esters is 1. The zero-order chi connectivity index (χ0) is 23.3. The maximum absolute atomic E-state index is 12.8. The molecule has 0 unspecified atom stereocenters. The summed E-state index contributed by atoms with van der Waals surface area (Å²) in [7, 11) is 0. The number of hydrogen-bond acceptors (Lipinski definition) is 5. The van der Waals surface area contributed by atoms with Crippen molar-refractivity contribution in [1.82, 2.24) is 4.57 Å². The summed E-state index contributed by atoms with van der Waals surface area (Å²) in [5.74, 6) is -0.164. The van der Waals surface area contributed by atoms with E-state index in [-0.39, 0.29) is 18.8 Å². The summed E-state index contributed by atoms with van der Waals surface area (Å²) in [5, 5.41) is 10.3. The third kappa shape index (κ3) is 5.21. The van der Waals surface area contributed by atoms with Crippen LogP contribution in [-0.2, 0) is 11.3 Å². The molecule has 3 aromatic rings. The zero-order valence-electron chi connectivity index (χ0n) is 18.3. The van der Waals surface area contributed by atoms with Crippen LogP contribution in [0.4, 0.5) is 0 Å². The number of aryl methyl sites for hydroxylation is 1. The summed E-state index contributed by atoms with van der Waals surface area (Å²) in [5.41, 5.74) is 2.31. The van der Waals surface area contributed by atoms with Gasteiger partial charge in [-0.1, -0.05) is 41.9 Å². The van der Waals surface area contributed by atoms with E-state index in [2.05, 4.69) is 0 Å². The highest BCUT2D eigenvalue weighted by molar-refractivity contribution is 6.31. The van der Waals surface area contributed by atoms with Crippen molar-refractivity contribution in [3.8, 4) is 17.0 Å². The van der Waals surface area contributed by atoms with E-state index in [9.17, 15) is 14.7 Å². The molecule has 0 saturated heterocycles. The van der Waals surface area contributed by atoms with Crippen LogP contribution in [0.25, 0.3) is 11.3 Å². The second-order valence-electron chi connectivity index (χ2n) is 7.47. The lowest BCUT2D eigenvalue weighted by molar-refractivity contribution is 0.0523. The highest BCUT2D eigenvalue weighted by atomic mass is 35.5. The number of pyridine rings is 1. The van der Waals surface area contributed by atoms with E-state index in [1.807, 2.05) is 43.3 Å². The SMILES string of the molecule is CCOC(=O)c1cn([C@H](C)CO)c(-c2cc(Cl)c(C)cc2OCc2ccccc2)cc1=O. The largest absolute Gasteiger partial charge is 0.488 e. The molecule has 7 heteroatoms. The number of nitrogens with zero attached hydrogens (tertiary/aromatic N) is 1. The third-order valence-electron chi connectivity index (χ3n) is 5.09. The smallest absolute Gasteiger partial charge is 0.343 e. The van der Waals surface area contributed by atoms with Crippen molar-refractivity contribution in [3.63, 3.8) is 0 Å². The molecular weight excluding hydrogens is 430 g/mol. The summed E-state index contributed by atoms with van der Waals surface area (Å²) >= 11 is 6.41. The lowest BCUT2D eigenvalue weighted by Crippen LogP contribution is -2.23. The van der Waals surface area contributed by atoms with Crippen LogP contribution >= 0.6 is 11.6 Å². The lowest BCUT2D eigenvalue weighted by atomic mass is 10.0. The molecule has 0 saturated carbocycles. The molecule has 1 aromatic heterocycles. The Bertz CT molecular complexity index is 1160. The Morgan fingerprint density at radius 2 is 1.91 bits per heavy atom. The molecule has 0 aliphatic heterocycles. The van der Waals surface area contributed by atoms with Crippen LogP contribution < -0.4 is 10.2 Å². The number of hydrogen-bond donors (Lipinski definition) is 1. The van der Waals surface area contributed by atoms with Crippen LogP contribution in [0.3, 0.4) is 0 Å². The molecule has 6 nitrogen and oxygen atoms in total. The standard InChI is InChI=1S/C25H26ClNO5/c1-4-31-25(30)20-13-27(17(3)14-28)22(12-23(20)29)19-11-21(26)16(2)10-24(19)32-15-18-8-6-5-7-9-18/h5-13,17,28H,4,14-15H2,1-3H3/t17-/m1/s1. The van der Waals surface area contributed by atoms with Gasteiger partial charge in [0.2, 0.25) is 0 Å². The minimum absolute atomic E-state index is 0.0964. The van der Waals surface area contributed by atoms with Crippen molar-refractivity contribution in [2.45, 2.75) is 33.4 Å². The maximum atomic E-state index is 12.8. The van der Waals surface area contributed by atoms with Gasteiger partial charge in [-0.2, -0.15) is 0 Å². The Kier molecular flexibility index (Phi) is 7.72. The Morgan fingerprint density at radius 1 is 1.19 bits per heavy atom. The first-order valence-corrected chi connectivity index (χ1v) is 10.7. The normalized spacial score (nSPS) is 11.8. The van der Waals surface area contributed by atoms with Gasteiger partial charge in [0.15, 0.2) is 5.43 Å². The van der Waals surface area contributed by atoms with Crippen LogP contribution in [0.2, 0.25) is 5.02 Å². The van der Waals surface area contributed by atoms with E-state index in [0.29, 0.717) is 28.6 Å². The molecule has 0 spiro atoms. The van der Waals surface area contributed by atoms with Crippen molar-refractivity contribution in [1.29, 1.82) is 0 Å². The van der Waals surface area contributed by atoms with Crippen LogP contribution in [0.1, 0.15) is 41.4 Å². The van der Waals surface area contributed by atoms with E-state index in [0.717, 1.165) is 11.1 Å². The first-order chi connectivity index (χ1) is 15.3. The Balaban J connectivity index is 2.14. The maximum Gasteiger partial charge on any atom is 0.343 e. The number of carbonyl (C=O) groups is 1. The fraction of sp³-hybridized carbons (Fsp3) is 0.280. The fourth-order valence-corrected chi connectivity index (χ4v) is 3.45. The van der Waals surface area contributed by atoms with Crippen molar-refractivity contribution >= 4 is 17.6 Å². The Morgan fingerprint density at radius 3 is 2.56 bits per heavy atom. The van der Waals surface area contributed by atoms with Crippen LogP contribution in [-0.4, -0.2) is 28.9 Å². The van der Waals surface area contributed by atoms with E-state index >= 15 is 0 Å². The number of aliphatic hydroxyl groups is 1. The number of aromatic nitrogens is 1. The van der Waals surface area contributed by atoms with Gasteiger partial charge in [0.1, 0.15) is 17.9 Å². The molecule has 0 aliphatic rings. The molecule has 1 heterocycles. The fourth-order valence-electron chi connectivity index (χ4n) is 3.29. The molecule has 0 aliphatic carbocycles. The predicted molar refractivity (Wildman–Crippen MR) is 124 cm³/mol. The lowest BCUT2D eigenvalue weighted by Gasteiger charge is -2.22. The highest BCUT2D eigenvalue weighted by Crippen LogP contribution is 2.36. The molecule has 32 heavy (non-hydrogen) atoms. The van der Waals surface area contributed by atoms with Crippen molar-refractivity contribution < 1.29 is 19.4 Å². The van der Waals surface area contributed by atoms with Gasteiger partial charge < -0.3 is 19.1 Å². The Labute approximate surface area is 192 Å². The highest BCUT2D eigenvalue weighted by Gasteiger charge is 2.21. The topological polar surface area (TPSA) is 77.8 Å². The number of aliphatic hydroxyl groups excluding tert-OH is 1. The second kappa shape index (κ2) is 10.5. The monoisotopic (exact) mass is 455 g/mol. The number of benzene rings is 2. The van der Waals surface area contributed by atoms with Crippen molar-refractivity contribution in [2.24, 2.45) is 0 Å². The first-order valence-electron chi connectivity index (χ1n) is 10.4. The first kappa shape index (κ1) is 23.6. The molecule has 3 rings (SSSR count). The summed E-state index contributed by atoms with van der Waals surface area (Å²) < 4.78 is 12.8. The van der Waals surface area contributed by atoms with Gasteiger partial charge in [0, 0.05) is 22.8 Å². The van der Waals surface area contributed by atoms with E-state index in [1.165, 1.54) is 12.3 Å². The van der Waals surface area contributed by atoms with Crippen LogP contribution in [0.15, 0.2) is 59.5 Å². The average molecular weight is 456 g/mol. The summed E-state index contributed by atoms with van der Waals surface area (Å²) in [6.45, 7) is 5.61. The number of carbonyl (C=O) groups excluding carboxylic acids is 1. The van der Waals surface area contributed by atoms with Crippen molar-refractivity contribution in [3.05, 3.63) is 86.7 Å². The molecular formula is C25H26ClNO5. The summed E-state index contributed by atoms with van der Waals surface area (Å²) in [6.07, 6.45) is 1.42. The minimum Gasteiger partial charge on any atom is -0.488 e. The second-order valence-corrected chi connectivity index (χ2v) is 7.87. The molecule has 0 bridgehead atoms. The van der Waals surface area contributed by atoms with Gasteiger partial charge in [-0.3, -0.25) is 4.79 Å². The van der Waals surface area contributed by atoms with E-state index in [1.54, 1.807) is 24.5 Å². The van der Waals surface area contributed by atoms with Crippen molar-refractivity contribution in [2.75, 3.05) is 13.2 Å². The number of ether oxygens (including phenoxy) is 2. The minimum atomic E-state index is -0.703. The number of halogens is 1. The predicted octanol–water partition coefficient (Wildman–Crippen LogP) is 4.79. The molecule has 0 fully saturated rings. The van der Waals surface area contributed by atoms with Crippen LogP contribution in [0, 0.1) is 6.92 Å². The summed E-state index contributed by atoms with van der Waals surface area (Å²) in [6, 6.07) is 14.2. The zero-order valence-corrected chi connectivity index (χ0v) is 19.1. The van der Waals surface area contributed by atoms with E-state index < -0.39 is 17.4 Å².